The Morgan fingerprint density at radius 2 is 1.91 bits per heavy atom. The molecule has 2 aromatic carbocycles. The Hall–Kier alpha value is -3.44. The molecule has 1 N–H and O–H groups in total. The van der Waals surface area contributed by atoms with Crippen molar-refractivity contribution in [2.45, 2.75) is 6.42 Å². The Morgan fingerprint density at radius 3 is 2.64 bits per heavy atom. The molecule has 0 radical (unpaired) electrons. The fourth-order valence-corrected chi connectivity index (χ4v) is 4.32. The van der Waals surface area contributed by atoms with Crippen molar-refractivity contribution in [3.63, 3.8) is 0 Å². The van der Waals surface area contributed by atoms with Crippen LogP contribution >= 0.6 is 11.5 Å². The largest absolute Gasteiger partial charge is 0.351 e. The molecule has 1 fully saturated rings. The first-order chi connectivity index (χ1) is 16.0. The zero-order chi connectivity index (χ0) is 23.2. The maximum Gasteiger partial charge on any atom is 0.270 e. The van der Waals surface area contributed by atoms with Crippen LogP contribution in [0.25, 0.3) is 0 Å². The highest BCUT2D eigenvalue weighted by Crippen LogP contribution is 2.20. The molecule has 9 nitrogen and oxygen atoms in total. The van der Waals surface area contributed by atoms with Gasteiger partial charge in [0, 0.05) is 74.9 Å². The number of anilines is 1. The lowest BCUT2D eigenvalue weighted by atomic mass is 10.1. The van der Waals surface area contributed by atoms with Gasteiger partial charge in [0.15, 0.2) is 0 Å². The van der Waals surface area contributed by atoms with Crippen molar-refractivity contribution in [1.82, 2.24) is 19.6 Å². The van der Waals surface area contributed by atoms with E-state index in [1.165, 1.54) is 41.9 Å². The van der Waals surface area contributed by atoms with E-state index in [4.69, 9.17) is 0 Å². The molecule has 2 heterocycles. The Balaban J connectivity index is 1.21. The van der Waals surface area contributed by atoms with Gasteiger partial charge in [0.1, 0.15) is 11.6 Å². The number of hydrogen-bond donors (Lipinski definition) is 1. The van der Waals surface area contributed by atoms with Crippen molar-refractivity contribution >= 4 is 28.3 Å². The molecule has 11 heteroatoms. The second kappa shape index (κ2) is 10.5. The predicted octanol–water partition coefficient (Wildman–Crippen LogP) is 2.73. The van der Waals surface area contributed by atoms with Crippen LogP contribution in [-0.4, -0.2) is 64.4 Å². The van der Waals surface area contributed by atoms with E-state index in [1.807, 2.05) is 0 Å². The lowest BCUT2D eigenvalue weighted by molar-refractivity contribution is -0.384. The van der Waals surface area contributed by atoms with Gasteiger partial charge in [-0.05, 0) is 23.8 Å². The lowest BCUT2D eigenvalue weighted by Crippen LogP contribution is -2.48. The average molecular weight is 471 g/mol. The Labute approximate surface area is 194 Å². The van der Waals surface area contributed by atoms with Gasteiger partial charge in [-0.2, -0.15) is 4.37 Å². The maximum absolute atomic E-state index is 13.1. The summed E-state index contributed by atoms with van der Waals surface area (Å²) in [6.45, 7) is 4.44. The smallest absolute Gasteiger partial charge is 0.270 e. The third kappa shape index (κ3) is 6.08. The molecular weight excluding hydrogens is 447 g/mol. The number of piperazine rings is 1. The van der Waals surface area contributed by atoms with Gasteiger partial charge in [-0.25, -0.2) is 9.37 Å². The minimum Gasteiger partial charge on any atom is -0.351 e. The molecule has 0 unspecified atom stereocenters. The number of nitro benzene ring substituents is 1. The SMILES string of the molecule is O=C(NCCN1CCN(c2nc(Cc3ccc(F)cc3)ns2)CC1)c1cccc([N+](=O)[O-])c1. The Bertz CT molecular complexity index is 1120. The fraction of sp³-hybridized carbons (Fsp3) is 0.318. The van der Waals surface area contributed by atoms with E-state index in [9.17, 15) is 19.3 Å². The van der Waals surface area contributed by atoms with Crippen LogP contribution in [-0.2, 0) is 6.42 Å². The fourth-order valence-electron chi connectivity index (χ4n) is 3.58. The summed E-state index contributed by atoms with van der Waals surface area (Å²) in [6, 6.07) is 12.1. The monoisotopic (exact) mass is 470 g/mol. The highest BCUT2D eigenvalue weighted by atomic mass is 32.1. The molecule has 1 saturated heterocycles. The van der Waals surface area contributed by atoms with Crippen molar-refractivity contribution in [2.24, 2.45) is 0 Å². The van der Waals surface area contributed by atoms with Crippen LogP contribution in [0.15, 0.2) is 48.5 Å². The van der Waals surface area contributed by atoms with Gasteiger partial charge >= 0.3 is 0 Å². The number of halogens is 1. The number of nitrogens with zero attached hydrogens (tertiary/aromatic N) is 5. The highest BCUT2D eigenvalue weighted by Gasteiger charge is 2.20. The molecule has 0 atom stereocenters. The molecule has 0 spiro atoms. The molecule has 0 saturated carbocycles. The summed E-state index contributed by atoms with van der Waals surface area (Å²) in [5, 5.41) is 14.6. The summed E-state index contributed by atoms with van der Waals surface area (Å²) in [4.78, 5) is 31.7. The average Bonchev–Trinajstić information content (AvgIpc) is 3.29. The molecule has 0 bridgehead atoms. The van der Waals surface area contributed by atoms with Crippen LogP contribution < -0.4 is 10.2 Å². The summed E-state index contributed by atoms with van der Waals surface area (Å²) < 4.78 is 17.5. The molecule has 1 aromatic heterocycles. The molecule has 3 aromatic rings. The zero-order valence-electron chi connectivity index (χ0n) is 17.8. The van der Waals surface area contributed by atoms with Crippen LogP contribution in [0.3, 0.4) is 0 Å². The van der Waals surface area contributed by atoms with E-state index in [-0.39, 0.29) is 23.0 Å². The van der Waals surface area contributed by atoms with Gasteiger partial charge in [-0.15, -0.1) is 0 Å². The van der Waals surface area contributed by atoms with E-state index in [0.717, 1.165) is 42.7 Å². The van der Waals surface area contributed by atoms with E-state index < -0.39 is 4.92 Å². The second-order valence-electron chi connectivity index (χ2n) is 7.69. The Morgan fingerprint density at radius 1 is 1.15 bits per heavy atom. The highest BCUT2D eigenvalue weighted by molar-refractivity contribution is 7.09. The summed E-state index contributed by atoms with van der Waals surface area (Å²) in [5.41, 5.74) is 1.15. The van der Waals surface area contributed by atoms with Crippen LogP contribution in [0.2, 0.25) is 0 Å². The number of amides is 1. The minimum absolute atomic E-state index is 0.101. The molecule has 1 aliphatic heterocycles. The summed E-state index contributed by atoms with van der Waals surface area (Å²) >= 11 is 1.37. The maximum atomic E-state index is 13.1. The van der Waals surface area contributed by atoms with Crippen LogP contribution in [0.4, 0.5) is 15.2 Å². The van der Waals surface area contributed by atoms with E-state index in [2.05, 4.69) is 24.5 Å². The molecule has 33 heavy (non-hydrogen) atoms. The third-order valence-electron chi connectivity index (χ3n) is 5.41. The van der Waals surface area contributed by atoms with E-state index in [1.54, 1.807) is 18.2 Å². The topological polar surface area (TPSA) is 104 Å². The van der Waals surface area contributed by atoms with Crippen molar-refractivity contribution in [3.8, 4) is 0 Å². The first kappa shape index (κ1) is 22.7. The molecular formula is C22H23FN6O3S. The number of carbonyl (C=O) groups is 1. The number of nitrogens with one attached hydrogen (secondary N) is 1. The molecule has 1 amide bonds. The molecule has 0 aliphatic carbocycles. The van der Waals surface area contributed by atoms with Crippen molar-refractivity contribution in [1.29, 1.82) is 0 Å². The molecule has 4 rings (SSSR count). The number of rotatable bonds is 8. The van der Waals surface area contributed by atoms with Gasteiger partial charge in [0.05, 0.1) is 4.92 Å². The zero-order valence-corrected chi connectivity index (χ0v) is 18.6. The Kier molecular flexibility index (Phi) is 7.20. The van der Waals surface area contributed by atoms with Gasteiger partial charge < -0.3 is 10.2 Å². The van der Waals surface area contributed by atoms with Crippen LogP contribution in [0, 0.1) is 15.9 Å². The number of non-ortho nitro benzene ring substituents is 1. The summed E-state index contributed by atoms with van der Waals surface area (Å²) in [5.74, 6) is 0.153. The standard InChI is InChI=1S/C22H23FN6O3S/c23-18-6-4-16(5-7-18)14-20-25-22(33-26-20)28-12-10-27(11-13-28)9-8-24-21(30)17-2-1-3-19(15-17)29(31)32/h1-7,15H,8-14H2,(H,24,30). The second-order valence-corrected chi connectivity index (χ2v) is 8.42. The lowest BCUT2D eigenvalue weighted by Gasteiger charge is -2.34. The quantitative estimate of drug-likeness (QED) is 0.399. The van der Waals surface area contributed by atoms with Crippen LogP contribution in [0.1, 0.15) is 21.7 Å². The number of aromatic nitrogens is 2. The number of benzene rings is 2. The van der Waals surface area contributed by atoms with Gasteiger partial charge in [0.2, 0.25) is 5.13 Å². The minimum atomic E-state index is -0.514. The van der Waals surface area contributed by atoms with Crippen LogP contribution in [0.5, 0.6) is 0 Å². The van der Waals surface area contributed by atoms with E-state index in [0.29, 0.717) is 19.5 Å². The number of hydrogen-bond acceptors (Lipinski definition) is 8. The normalized spacial score (nSPS) is 14.3. The van der Waals surface area contributed by atoms with Gasteiger partial charge in [0.25, 0.3) is 11.6 Å². The third-order valence-corrected chi connectivity index (χ3v) is 6.22. The molecule has 1 aliphatic rings. The first-order valence-electron chi connectivity index (χ1n) is 10.5. The number of nitro groups is 1. The van der Waals surface area contributed by atoms with Gasteiger partial charge in [-0.1, -0.05) is 18.2 Å². The summed E-state index contributed by atoms with van der Waals surface area (Å²) in [7, 11) is 0. The van der Waals surface area contributed by atoms with Crippen molar-refractivity contribution < 1.29 is 14.1 Å². The summed E-state index contributed by atoms with van der Waals surface area (Å²) in [6.07, 6.45) is 0.570. The van der Waals surface area contributed by atoms with E-state index >= 15 is 0 Å². The molecule has 172 valence electrons. The number of carbonyl (C=O) groups excluding carboxylic acids is 1. The first-order valence-corrected chi connectivity index (χ1v) is 11.3. The predicted molar refractivity (Wildman–Crippen MR) is 123 cm³/mol. The van der Waals surface area contributed by atoms with Crippen molar-refractivity contribution in [3.05, 3.63) is 81.4 Å². The van der Waals surface area contributed by atoms with Crippen molar-refractivity contribution in [2.75, 3.05) is 44.2 Å². The van der Waals surface area contributed by atoms with Gasteiger partial charge in [-0.3, -0.25) is 19.8 Å².